The third-order valence-electron chi connectivity index (χ3n) is 1.95. The summed E-state index contributed by atoms with van der Waals surface area (Å²) < 4.78 is 0. The van der Waals surface area contributed by atoms with Crippen molar-refractivity contribution in [2.45, 2.75) is 6.92 Å². The van der Waals surface area contributed by atoms with E-state index in [1.807, 2.05) is 6.92 Å². The number of rotatable bonds is 6. The van der Waals surface area contributed by atoms with Gasteiger partial charge in [0, 0.05) is 19.2 Å². The van der Waals surface area contributed by atoms with Gasteiger partial charge in [0.05, 0.1) is 0 Å². The van der Waals surface area contributed by atoms with Crippen LogP contribution in [0.1, 0.15) is 17.4 Å². The number of nitro groups is 1. The van der Waals surface area contributed by atoms with Gasteiger partial charge in [-0.2, -0.15) is 0 Å². The lowest BCUT2D eigenvalue weighted by molar-refractivity contribution is -0.389. The van der Waals surface area contributed by atoms with Crippen molar-refractivity contribution in [3.63, 3.8) is 0 Å². The van der Waals surface area contributed by atoms with Crippen molar-refractivity contribution in [1.82, 2.24) is 15.6 Å². The number of likely N-dealkylation sites (N-methyl/N-ethyl adjacent to an activating group) is 1. The Balaban J connectivity index is 2.43. The molecule has 1 aromatic heterocycles. The van der Waals surface area contributed by atoms with Crippen LogP contribution in [0, 0.1) is 10.1 Å². The van der Waals surface area contributed by atoms with Gasteiger partial charge >= 0.3 is 5.82 Å². The van der Waals surface area contributed by atoms with Crippen molar-refractivity contribution < 1.29 is 9.72 Å². The second kappa shape index (κ2) is 5.86. The third kappa shape index (κ3) is 3.35. The zero-order valence-electron chi connectivity index (χ0n) is 8.95. The molecule has 0 fully saturated rings. The molecule has 0 aliphatic heterocycles. The fraction of sp³-hybridized carbons (Fsp3) is 0.444. The standard InChI is InChI=1S/C9H14N4O3/c1-2-10-5-6-11-9(14)7-3-4-8(12-7)13(15)16/h3-4,10,12H,2,5-6H2,1H3,(H,11,14). The minimum Gasteiger partial charge on any atom is -0.358 e. The predicted octanol–water partition coefficient (Wildman–Crippen LogP) is 0.262. The van der Waals surface area contributed by atoms with E-state index < -0.39 is 4.92 Å². The predicted molar refractivity (Wildman–Crippen MR) is 58.3 cm³/mol. The Morgan fingerprint density at radius 2 is 2.25 bits per heavy atom. The number of nitrogens with zero attached hydrogens (tertiary/aromatic N) is 1. The molecule has 0 spiro atoms. The van der Waals surface area contributed by atoms with Crippen molar-refractivity contribution in [2.75, 3.05) is 19.6 Å². The number of carbonyl (C=O) groups excluding carboxylic acids is 1. The molecule has 1 rings (SSSR count). The molecule has 0 aromatic carbocycles. The number of hydrogen-bond donors (Lipinski definition) is 3. The maximum absolute atomic E-state index is 11.5. The molecule has 3 N–H and O–H groups in total. The van der Waals surface area contributed by atoms with Gasteiger partial charge in [-0.1, -0.05) is 6.92 Å². The van der Waals surface area contributed by atoms with Gasteiger partial charge in [-0.15, -0.1) is 0 Å². The molecule has 0 saturated heterocycles. The van der Waals surface area contributed by atoms with E-state index in [0.29, 0.717) is 13.1 Å². The lowest BCUT2D eigenvalue weighted by Crippen LogP contribution is -2.31. The molecule has 1 aromatic rings. The number of aromatic nitrogens is 1. The quantitative estimate of drug-likeness (QED) is 0.368. The van der Waals surface area contributed by atoms with Crippen LogP contribution in [0.2, 0.25) is 0 Å². The number of H-pyrrole nitrogens is 1. The summed E-state index contributed by atoms with van der Waals surface area (Å²) in [4.78, 5) is 23.7. The summed E-state index contributed by atoms with van der Waals surface area (Å²) in [7, 11) is 0. The number of hydrogen-bond acceptors (Lipinski definition) is 4. The van der Waals surface area contributed by atoms with Gasteiger partial charge in [0.2, 0.25) is 0 Å². The molecule has 7 nitrogen and oxygen atoms in total. The second-order valence-corrected chi connectivity index (χ2v) is 3.12. The topological polar surface area (TPSA) is 100 Å². The lowest BCUT2D eigenvalue weighted by Gasteiger charge is -2.02. The summed E-state index contributed by atoms with van der Waals surface area (Å²) in [5.74, 6) is -0.525. The first kappa shape index (κ1) is 12.2. The SMILES string of the molecule is CCNCCNC(=O)c1ccc([N+](=O)[O-])[nH]1. The molecule has 7 heteroatoms. The van der Waals surface area contributed by atoms with Crippen LogP contribution in [-0.4, -0.2) is 35.4 Å². The van der Waals surface area contributed by atoms with Crippen LogP contribution in [-0.2, 0) is 0 Å². The molecule has 88 valence electrons. The summed E-state index contributed by atoms with van der Waals surface area (Å²) >= 11 is 0. The molecule has 16 heavy (non-hydrogen) atoms. The van der Waals surface area contributed by atoms with E-state index in [-0.39, 0.29) is 17.4 Å². The fourth-order valence-corrected chi connectivity index (χ4v) is 1.16. The zero-order chi connectivity index (χ0) is 12.0. The summed E-state index contributed by atoms with van der Waals surface area (Å²) in [5.41, 5.74) is 0.197. The smallest absolute Gasteiger partial charge is 0.321 e. The van der Waals surface area contributed by atoms with E-state index in [2.05, 4.69) is 15.6 Å². The highest BCUT2D eigenvalue weighted by Crippen LogP contribution is 2.09. The number of aromatic amines is 1. The molecule has 1 amide bonds. The van der Waals surface area contributed by atoms with Crippen molar-refractivity contribution in [1.29, 1.82) is 0 Å². The normalized spacial score (nSPS) is 10.1. The van der Waals surface area contributed by atoms with Crippen LogP contribution in [0.15, 0.2) is 12.1 Å². The number of carbonyl (C=O) groups is 1. The van der Waals surface area contributed by atoms with Crippen LogP contribution < -0.4 is 10.6 Å². The Labute approximate surface area is 92.4 Å². The van der Waals surface area contributed by atoms with Crippen LogP contribution in [0.25, 0.3) is 0 Å². The second-order valence-electron chi connectivity index (χ2n) is 3.12. The molecule has 0 aliphatic rings. The molecule has 0 bridgehead atoms. The average Bonchev–Trinajstić information content (AvgIpc) is 2.73. The highest BCUT2D eigenvalue weighted by Gasteiger charge is 2.14. The van der Waals surface area contributed by atoms with E-state index in [9.17, 15) is 14.9 Å². The highest BCUT2D eigenvalue weighted by atomic mass is 16.6. The van der Waals surface area contributed by atoms with Crippen molar-refractivity contribution in [3.8, 4) is 0 Å². The number of amides is 1. The molecular weight excluding hydrogens is 212 g/mol. The molecule has 0 aliphatic carbocycles. The van der Waals surface area contributed by atoms with E-state index in [0.717, 1.165) is 6.54 Å². The van der Waals surface area contributed by atoms with E-state index in [1.54, 1.807) is 0 Å². The Kier molecular flexibility index (Phi) is 4.46. The highest BCUT2D eigenvalue weighted by molar-refractivity contribution is 5.92. The molecule has 0 atom stereocenters. The van der Waals surface area contributed by atoms with Crippen LogP contribution in [0.5, 0.6) is 0 Å². The Morgan fingerprint density at radius 1 is 1.50 bits per heavy atom. The largest absolute Gasteiger partial charge is 0.358 e. The van der Waals surface area contributed by atoms with E-state index >= 15 is 0 Å². The summed E-state index contributed by atoms with van der Waals surface area (Å²) in [6.07, 6.45) is 0. The van der Waals surface area contributed by atoms with E-state index in [1.165, 1.54) is 12.1 Å². The fourth-order valence-electron chi connectivity index (χ4n) is 1.16. The lowest BCUT2D eigenvalue weighted by atomic mass is 10.4. The van der Waals surface area contributed by atoms with Crippen LogP contribution >= 0.6 is 0 Å². The van der Waals surface area contributed by atoms with Crippen molar-refractivity contribution >= 4 is 11.7 Å². The minimum absolute atomic E-state index is 0.183. The number of nitrogens with one attached hydrogen (secondary N) is 3. The summed E-state index contributed by atoms with van der Waals surface area (Å²) in [6, 6.07) is 2.65. The van der Waals surface area contributed by atoms with Gasteiger partial charge in [0.15, 0.2) is 5.69 Å². The van der Waals surface area contributed by atoms with Gasteiger partial charge in [0.25, 0.3) is 5.91 Å². The first-order valence-corrected chi connectivity index (χ1v) is 4.97. The van der Waals surface area contributed by atoms with Gasteiger partial charge in [-0.25, -0.2) is 4.98 Å². The zero-order valence-corrected chi connectivity index (χ0v) is 8.95. The van der Waals surface area contributed by atoms with Crippen molar-refractivity contribution in [2.24, 2.45) is 0 Å². The Morgan fingerprint density at radius 3 is 2.81 bits per heavy atom. The third-order valence-corrected chi connectivity index (χ3v) is 1.95. The molecular formula is C9H14N4O3. The van der Waals surface area contributed by atoms with Gasteiger partial charge in [-0.05, 0) is 17.5 Å². The molecule has 1 heterocycles. The maximum atomic E-state index is 11.5. The maximum Gasteiger partial charge on any atom is 0.321 e. The first-order valence-electron chi connectivity index (χ1n) is 4.97. The first-order chi connectivity index (χ1) is 7.65. The van der Waals surface area contributed by atoms with Gasteiger partial charge in [0.1, 0.15) is 0 Å². The van der Waals surface area contributed by atoms with Crippen molar-refractivity contribution in [3.05, 3.63) is 27.9 Å². The molecule has 0 saturated carbocycles. The minimum atomic E-state index is -0.574. The average molecular weight is 226 g/mol. The summed E-state index contributed by atoms with van der Waals surface area (Å²) in [6.45, 7) is 3.96. The molecule has 0 unspecified atom stereocenters. The van der Waals surface area contributed by atoms with Crippen LogP contribution in [0.3, 0.4) is 0 Å². The summed E-state index contributed by atoms with van der Waals surface area (Å²) in [5, 5.41) is 16.0. The molecule has 0 radical (unpaired) electrons. The van der Waals surface area contributed by atoms with Gasteiger partial charge in [-0.3, -0.25) is 4.79 Å². The monoisotopic (exact) mass is 226 g/mol. The van der Waals surface area contributed by atoms with Gasteiger partial charge < -0.3 is 20.7 Å². The Bertz CT molecular complexity index is 375. The van der Waals surface area contributed by atoms with E-state index in [4.69, 9.17) is 0 Å². The Hall–Kier alpha value is -1.89. The van der Waals surface area contributed by atoms with Crippen LogP contribution in [0.4, 0.5) is 5.82 Å².